The van der Waals surface area contributed by atoms with Gasteiger partial charge in [0.1, 0.15) is 0 Å². The smallest absolute Gasteiger partial charge is 0.256 e. The Morgan fingerprint density at radius 3 is 2.60 bits per heavy atom. The Morgan fingerprint density at radius 1 is 1.07 bits per heavy atom. The number of anilines is 1. The molecule has 2 aromatic carbocycles. The molecule has 0 radical (unpaired) electrons. The summed E-state index contributed by atoms with van der Waals surface area (Å²) in [5.41, 5.74) is 5.20. The third-order valence-corrected chi connectivity index (χ3v) is 5.02. The van der Waals surface area contributed by atoms with Gasteiger partial charge in [-0.3, -0.25) is 9.78 Å². The molecular formula is C22H19ClN6O. The molecule has 0 bridgehead atoms. The first-order chi connectivity index (χ1) is 14.4. The summed E-state index contributed by atoms with van der Waals surface area (Å²) in [5, 5.41) is 15.6. The van der Waals surface area contributed by atoms with Crippen molar-refractivity contribution in [3.63, 3.8) is 0 Å². The molecule has 4 rings (SSSR count). The van der Waals surface area contributed by atoms with E-state index in [-0.39, 0.29) is 5.91 Å². The van der Waals surface area contributed by atoms with Gasteiger partial charge in [-0.15, -0.1) is 10.2 Å². The minimum absolute atomic E-state index is 0.238. The SMILES string of the molecule is Cc1cc(C)c(NC(=O)c2ccccc2-c2cc(-c3nnn(C)n3)ccc2Cl)cn1. The van der Waals surface area contributed by atoms with E-state index >= 15 is 0 Å². The van der Waals surface area contributed by atoms with Gasteiger partial charge in [0.2, 0.25) is 5.82 Å². The summed E-state index contributed by atoms with van der Waals surface area (Å²) in [7, 11) is 1.70. The molecule has 0 saturated heterocycles. The molecule has 1 N–H and O–H groups in total. The van der Waals surface area contributed by atoms with Gasteiger partial charge in [-0.05, 0) is 60.5 Å². The molecule has 150 valence electrons. The number of rotatable bonds is 4. The number of amides is 1. The third kappa shape index (κ3) is 3.92. The quantitative estimate of drug-likeness (QED) is 0.528. The molecule has 0 fully saturated rings. The summed E-state index contributed by atoms with van der Waals surface area (Å²) in [6, 6.07) is 14.7. The van der Waals surface area contributed by atoms with Crippen molar-refractivity contribution in [1.82, 2.24) is 25.2 Å². The first-order valence-corrected chi connectivity index (χ1v) is 9.68. The molecule has 0 aliphatic carbocycles. The highest BCUT2D eigenvalue weighted by Gasteiger charge is 2.17. The zero-order valence-electron chi connectivity index (χ0n) is 16.7. The molecule has 0 unspecified atom stereocenters. The molecular weight excluding hydrogens is 400 g/mol. The largest absolute Gasteiger partial charge is 0.320 e. The van der Waals surface area contributed by atoms with Gasteiger partial charge in [0.15, 0.2) is 0 Å². The molecule has 7 nitrogen and oxygen atoms in total. The van der Waals surface area contributed by atoms with Crippen molar-refractivity contribution in [2.75, 3.05) is 5.32 Å². The molecule has 2 heterocycles. The summed E-state index contributed by atoms with van der Waals surface area (Å²) >= 11 is 6.50. The van der Waals surface area contributed by atoms with Crippen molar-refractivity contribution < 1.29 is 4.79 Å². The van der Waals surface area contributed by atoms with Crippen molar-refractivity contribution >= 4 is 23.2 Å². The Bertz CT molecular complexity index is 1250. The van der Waals surface area contributed by atoms with Crippen LogP contribution in [-0.2, 0) is 7.05 Å². The number of benzene rings is 2. The van der Waals surface area contributed by atoms with Crippen LogP contribution in [0.25, 0.3) is 22.5 Å². The summed E-state index contributed by atoms with van der Waals surface area (Å²) in [5.74, 6) is 0.247. The van der Waals surface area contributed by atoms with Crippen molar-refractivity contribution in [3.8, 4) is 22.5 Å². The normalized spacial score (nSPS) is 10.8. The second-order valence-corrected chi connectivity index (χ2v) is 7.34. The van der Waals surface area contributed by atoms with Crippen LogP contribution in [0.2, 0.25) is 5.02 Å². The number of hydrogen-bond donors (Lipinski definition) is 1. The van der Waals surface area contributed by atoms with Gasteiger partial charge in [-0.1, -0.05) is 29.8 Å². The van der Waals surface area contributed by atoms with E-state index in [1.807, 2.05) is 50.2 Å². The van der Waals surface area contributed by atoms with Crippen LogP contribution in [0.4, 0.5) is 5.69 Å². The minimum atomic E-state index is -0.238. The van der Waals surface area contributed by atoms with Crippen molar-refractivity contribution in [2.45, 2.75) is 13.8 Å². The molecule has 8 heteroatoms. The van der Waals surface area contributed by atoms with Gasteiger partial charge in [0, 0.05) is 27.4 Å². The van der Waals surface area contributed by atoms with E-state index in [4.69, 9.17) is 11.6 Å². The van der Waals surface area contributed by atoms with Crippen LogP contribution in [0.5, 0.6) is 0 Å². The molecule has 0 saturated carbocycles. The number of carbonyl (C=O) groups is 1. The fraction of sp³-hybridized carbons (Fsp3) is 0.136. The van der Waals surface area contributed by atoms with E-state index in [1.54, 1.807) is 25.4 Å². The lowest BCUT2D eigenvalue weighted by Crippen LogP contribution is -2.14. The second-order valence-electron chi connectivity index (χ2n) is 6.94. The van der Waals surface area contributed by atoms with Crippen LogP contribution in [0.1, 0.15) is 21.6 Å². The lowest BCUT2D eigenvalue weighted by Gasteiger charge is -2.13. The minimum Gasteiger partial charge on any atom is -0.320 e. The van der Waals surface area contributed by atoms with Crippen molar-refractivity contribution in [1.29, 1.82) is 0 Å². The maximum atomic E-state index is 13.1. The monoisotopic (exact) mass is 418 g/mol. The second kappa shape index (κ2) is 8.04. The molecule has 2 aromatic heterocycles. The number of nitrogens with zero attached hydrogens (tertiary/aromatic N) is 5. The van der Waals surface area contributed by atoms with Gasteiger partial charge < -0.3 is 5.32 Å². The highest BCUT2D eigenvalue weighted by atomic mass is 35.5. The maximum absolute atomic E-state index is 13.1. The first kappa shape index (κ1) is 19.7. The van der Waals surface area contributed by atoms with Gasteiger partial charge in [-0.25, -0.2) is 0 Å². The molecule has 0 aliphatic heterocycles. The predicted molar refractivity (Wildman–Crippen MR) is 116 cm³/mol. The Hall–Kier alpha value is -3.58. The maximum Gasteiger partial charge on any atom is 0.256 e. The third-order valence-electron chi connectivity index (χ3n) is 4.69. The Kier molecular flexibility index (Phi) is 5.29. The zero-order valence-corrected chi connectivity index (χ0v) is 17.5. The number of pyridine rings is 1. The number of carbonyl (C=O) groups excluding carboxylic acids is 1. The molecule has 0 aliphatic rings. The van der Waals surface area contributed by atoms with Crippen LogP contribution < -0.4 is 5.32 Å². The van der Waals surface area contributed by atoms with E-state index in [0.717, 1.165) is 16.8 Å². The molecule has 0 atom stereocenters. The van der Waals surface area contributed by atoms with E-state index in [2.05, 4.69) is 25.7 Å². The van der Waals surface area contributed by atoms with Crippen LogP contribution in [-0.4, -0.2) is 31.1 Å². The number of aromatic nitrogens is 5. The number of halogens is 1. The lowest BCUT2D eigenvalue weighted by molar-refractivity contribution is 0.102. The number of hydrogen-bond acceptors (Lipinski definition) is 5. The van der Waals surface area contributed by atoms with Crippen molar-refractivity contribution in [2.24, 2.45) is 7.05 Å². The Morgan fingerprint density at radius 2 is 1.87 bits per heavy atom. The Labute approximate surface area is 178 Å². The standard InChI is InChI=1S/C22H19ClN6O/c1-13-10-14(2)24-12-20(13)25-22(30)17-7-5-4-6-16(17)18-11-15(8-9-19(18)23)21-26-28-29(3)27-21/h4-12H,1-3H3,(H,25,30). The van der Waals surface area contributed by atoms with Crippen molar-refractivity contribution in [3.05, 3.63) is 76.6 Å². The first-order valence-electron chi connectivity index (χ1n) is 9.30. The van der Waals surface area contributed by atoms with Crippen LogP contribution >= 0.6 is 11.6 Å². The predicted octanol–water partition coefficient (Wildman–Crippen LogP) is 4.46. The fourth-order valence-corrected chi connectivity index (χ4v) is 3.42. The summed E-state index contributed by atoms with van der Waals surface area (Å²) in [6.07, 6.45) is 1.67. The zero-order chi connectivity index (χ0) is 21.3. The lowest BCUT2D eigenvalue weighted by atomic mass is 9.97. The number of nitrogens with one attached hydrogen (secondary N) is 1. The summed E-state index contributed by atoms with van der Waals surface area (Å²) < 4.78 is 0. The van der Waals surface area contributed by atoms with E-state index in [9.17, 15) is 4.79 Å². The van der Waals surface area contributed by atoms with E-state index < -0.39 is 0 Å². The van der Waals surface area contributed by atoms with Gasteiger partial charge >= 0.3 is 0 Å². The topological polar surface area (TPSA) is 85.6 Å². The highest BCUT2D eigenvalue weighted by Crippen LogP contribution is 2.34. The molecule has 1 amide bonds. The average molecular weight is 419 g/mol. The fourth-order valence-electron chi connectivity index (χ4n) is 3.20. The Balaban J connectivity index is 1.74. The highest BCUT2D eigenvalue weighted by molar-refractivity contribution is 6.33. The van der Waals surface area contributed by atoms with Crippen LogP contribution in [0.3, 0.4) is 0 Å². The van der Waals surface area contributed by atoms with Crippen LogP contribution in [0, 0.1) is 13.8 Å². The summed E-state index contributed by atoms with van der Waals surface area (Å²) in [4.78, 5) is 18.8. The van der Waals surface area contributed by atoms with E-state index in [1.165, 1.54) is 4.80 Å². The molecule has 0 spiro atoms. The summed E-state index contributed by atoms with van der Waals surface area (Å²) in [6.45, 7) is 3.85. The van der Waals surface area contributed by atoms with Crippen LogP contribution in [0.15, 0.2) is 54.7 Å². The number of tetrazole rings is 1. The number of aryl methyl sites for hydroxylation is 3. The average Bonchev–Trinajstić information content (AvgIpc) is 3.17. The molecule has 30 heavy (non-hydrogen) atoms. The van der Waals surface area contributed by atoms with Gasteiger partial charge in [-0.2, -0.15) is 4.80 Å². The van der Waals surface area contributed by atoms with Gasteiger partial charge in [0.25, 0.3) is 5.91 Å². The van der Waals surface area contributed by atoms with E-state index in [0.29, 0.717) is 33.2 Å². The molecule has 4 aromatic rings. The van der Waals surface area contributed by atoms with Gasteiger partial charge in [0.05, 0.1) is 18.9 Å².